The highest BCUT2D eigenvalue weighted by Gasteiger charge is 2.60. The van der Waals surface area contributed by atoms with Crippen LogP contribution in [0.4, 0.5) is 5.69 Å². The van der Waals surface area contributed by atoms with Gasteiger partial charge in [-0.25, -0.2) is 14.3 Å². The number of β-lactam (4-membered cyclic amide) rings is 1. The zero-order valence-electron chi connectivity index (χ0n) is 25.3. The van der Waals surface area contributed by atoms with E-state index in [-0.39, 0.29) is 41.3 Å². The van der Waals surface area contributed by atoms with Crippen LogP contribution in [0.1, 0.15) is 46.8 Å². The van der Waals surface area contributed by atoms with Crippen molar-refractivity contribution in [1.29, 1.82) is 0 Å². The number of imidazole rings is 1. The molecule has 15 nitrogen and oxygen atoms in total. The number of carbonyl (C=O) groups excluding carboxylic acids is 3. The number of carbonyl (C=O) groups is 3. The second-order valence-electron chi connectivity index (χ2n) is 11.4. The van der Waals surface area contributed by atoms with Crippen LogP contribution in [0.3, 0.4) is 0 Å². The van der Waals surface area contributed by atoms with Crippen molar-refractivity contribution in [3.63, 3.8) is 0 Å². The van der Waals surface area contributed by atoms with Crippen LogP contribution < -0.4 is 4.57 Å². The Morgan fingerprint density at radius 1 is 1.30 bits per heavy atom. The SMILES string of the molecule is C[C@H]1C(c2cn3cnc(C(=O)c4ccc[n+](CCCN=[N+]=[N-])c4)c3s2)=C(C(=O)OCc2ccc([N+](=O)[O-])cc2)N2C(=O)[C@H]([C@@H](C)O)C12. The largest absolute Gasteiger partial charge is 0.456 e. The minimum atomic E-state index is -0.928. The lowest BCUT2D eigenvalue weighted by Gasteiger charge is -2.46. The van der Waals surface area contributed by atoms with Gasteiger partial charge in [-0.1, -0.05) is 12.0 Å². The number of rotatable bonds is 12. The van der Waals surface area contributed by atoms with Gasteiger partial charge in [-0.05, 0) is 36.2 Å². The van der Waals surface area contributed by atoms with Crippen LogP contribution in [0, 0.1) is 22.0 Å². The van der Waals surface area contributed by atoms with E-state index in [4.69, 9.17) is 10.3 Å². The first-order valence-corrected chi connectivity index (χ1v) is 15.6. The van der Waals surface area contributed by atoms with Gasteiger partial charge in [0, 0.05) is 53.8 Å². The van der Waals surface area contributed by atoms with E-state index in [1.807, 2.05) is 17.7 Å². The number of nitrogens with zero attached hydrogens (tertiary/aromatic N) is 8. The molecular weight excluding hydrogens is 628 g/mol. The molecule has 2 aliphatic heterocycles. The number of amides is 1. The number of aromatic nitrogens is 3. The van der Waals surface area contributed by atoms with Gasteiger partial charge in [-0.15, -0.1) is 11.3 Å². The summed E-state index contributed by atoms with van der Waals surface area (Å²) in [4.78, 5) is 60.7. The molecule has 0 aliphatic carbocycles. The van der Waals surface area contributed by atoms with Gasteiger partial charge < -0.3 is 14.7 Å². The predicted octanol–water partition coefficient (Wildman–Crippen LogP) is 3.83. The number of ether oxygens (including phenoxy) is 1. The number of fused-ring (bicyclic) bond motifs is 2. The molecule has 1 saturated heterocycles. The standard InChI is InChI=1S/C31H29N8O7S/c1-17-23(22-14-37-16-33-25(30(37)47-22)28(41)20-5-3-11-36(13-20)12-4-10-34-35-32)27(38-26(17)24(18(2)40)29(38)42)31(43)46-15-19-6-8-21(9-7-19)39(44)45/h3,5-9,11,13-14,16-18,24,26,40H,4,10,12,15H2,1-2H3/q+1/t17-,18+,24+,26?/m0/s1. The van der Waals surface area contributed by atoms with Gasteiger partial charge in [0.1, 0.15) is 35.7 Å². The van der Waals surface area contributed by atoms with Crippen LogP contribution in [0.15, 0.2) is 72.1 Å². The first-order chi connectivity index (χ1) is 22.6. The molecular formula is C31H29N8O7S+. The Bertz CT molecular complexity index is 1990. The van der Waals surface area contributed by atoms with Crippen molar-refractivity contribution in [3.05, 3.63) is 109 Å². The quantitative estimate of drug-likeness (QED) is 0.0226. The molecule has 240 valence electrons. The highest BCUT2D eigenvalue weighted by Crippen LogP contribution is 2.52. The number of nitro benzene ring substituents is 1. The van der Waals surface area contributed by atoms with Crippen molar-refractivity contribution >= 4 is 45.1 Å². The fourth-order valence-corrected chi connectivity index (χ4v) is 7.41. The first kappa shape index (κ1) is 31.5. The summed E-state index contributed by atoms with van der Waals surface area (Å²) in [5.74, 6) is -2.46. The van der Waals surface area contributed by atoms with E-state index in [2.05, 4.69) is 15.0 Å². The zero-order chi connectivity index (χ0) is 33.4. The fraction of sp³-hybridized carbons (Fsp3) is 0.323. The maximum Gasteiger partial charge on any atom is 0.355 e. The van der Waals surface area contributed by atoms with Gasteiger partial charge in [0.25, 0.3) is 5.69 Å². The van der Waals surface area contributed by atoms with E-state index in [1.165, 1.54) is 46.8 Å². The normalized spacial score (nSPS) is 19.3. The Morgan fingerprint density at radius 2 is 2.06 bits per heavy atom. The van der Waals surface area contributed by atoms with Gasteiger partial charge in [-0.3, -0.25) is 24.1 Å². The van der Waals surface area contributed by atoms with Gasteiger partial charge >= 0.3 is 5.97 Å². The highest BCUT2D eigenvalue weighted by molar-refractivity contribution is 7.18. The molecule has 6 rings (SSSR count). The summed E-state index contributed by atoms with van der Waals surface area (Å²) in [5.41, 5.74) is 10.2. The van der Waals surface area contributed by atoms with Gasteiger partial charge in [0.05, 0.1) is 33.4 Å². The molecule has 16 heteroatoms. The number of thiazole rings is 1. The van der Waals surface area contributed by atoms with Crippen molar-refractivity contribution in [1.82, 2.24) is 14.3 Å². The molecule has 1 fully saturated rings. The summed E-state index contributed by atoms with van der Waals surface area (Å²) in [5, 5.41) is 24.9. The van der Waals surface area contributed by atoms with Crippen LogP contribution >= 0.6 is 11.3 Å². The Labute approximate surface area is 271 Å². The molecule has 0 saturated carbocycles. The van der Waals surface area contributed by atoms with E-state index < -0.39 is 29.0 Å². The van der Waals surface area contributed by atoms with E-state index >= 15 is 0 Å². The summed E-state index contributed by atoms with van der Waals surface area (Å²) in [6.45, 7) is 4.15. The number of non-ortho nitro benzene ring substituents is 1. The molecule has 1 amide bonds. The Balaban J connectivity index is 1.31. The number of esters is 1. The van der Waals surface area contributed by atoms with Gasteiger partial charge in [0.15, 0.2) is 12.4 Å². The number of aryl methyl sites for hydroxylation is 1. The van der Waals surface area contributed by atoms with E-state index in [0.717, 1.165) is 0 Å². The third kappa shape index (κ3) is 5.73. The second-order valence-corrected chi connectivity index (χ2v) is 12.4. The van der Waals surface area contributed by atoms with E-state index in [0.29, 0.717) is 45.9 Å². The third-order valence-electron chi connectivity index (χ3n) is 8.43. The number of azide groups is 1. The summed E-state index contributed by atoms with van der Waals surface area (Å²) in [6.07, 6.45) is 6.49. The lowest BCUT2D eigenvalue weighted by Crippen LogP contribution is -2.63. The molecule has 4 aromatic rings. The number of pyridine rings is 1. The van der Waals surface area contributed by atoms with E-state index in [1.54, 1.807) is 35.9 Å². The fourth-order valence-electron chi connectivity index (χ4n) is 6.20. The van der Waals surface area contributed by atoms with Crippen molar-refractivity contribution < 1.29 is 33.7 Å². The van der Waals surface area contributed by atoms with Crippen molar-refractivity contribution in [3.8, 4) is 0 Å². The van der Waals surface area contributed by atoms with Gasteiger partial charge in [-0.2, -0.15) is 0 Å². The molecule has 4 atom stereocenters. The predicted molar refractivity (Wildman–Crippen MR) is 167 cm³/mol. The van der Waals surface area contributed by atoms with Crippen LogP contribution in [-0.2, 0) is 27.5 Å². The molecule has 3 aromatic heterocycles. The number of aliphatic hydroxyl groups is 1. The van der Waals surface area contributed by atoms with Crippen molar-refractivity contribution in [2.45, 2.75) is 45.6 Å². The van der Waals surface area contributed by atoms with E-state index in [9.17, 15) is 29.6 Å². The number of nitro groups is 1. The van der Waals surface area contributed by atoms with Crippen LogP contribution in [0.25, 0.3) is 20.8 Å². The lowest BCUT2D eigenvalue weighted by molar-refractivity contribution is -0.697. The molecule has 5 heterocycles. The second kappa shape index (κ2) is 12.7. The highest BCUT2D eigenvalue weighted by atomic mass is 32.1. The maximum absolute atomic E-state index is 13.7. The topological polar surface area (TPSA) is 197 Å². The Kier molecular flexibility index (Phi) is 8.56. The average Bonchev–Trinajstić information content (AvgIpc) is 3.71. The molecule has 2 aliphatic rings. The smallest absolute Gasteiger partial charge is 0.355 e. The Morgan fingerprint density at radius 3 is 2.77 bits per heavy atom. The summed E-state index contributed by atoms with van der Waals surface area (Å²) in [7, 11) is 0. The third-order valence-corrected chi connectivity index (χ3v) is 9.58. The zero-order valence-corrected chi connectivity index (χ0v) is 26.1. The van der Waals surface area contributed by atoms with Crippen LogP contribution in [-0.4, -0.2) is 60.7 Å². The molecule has 0 bridgehead atoms. The van der Waals surface area contributed by atoms with Gasteiger partial charge in [0.2, 0.25) is 11.7 Å². The first-order valence-electron chi connectivity index (χ1n) is 14.8. The minimum Gasteiger partial charge on any atom is -0.456 e. The molecule has 47 heavy (non-hydrogen) atoms. The molecule has 1 N–H and O–H groups in total. The molecule has 0 radical (unpaired) electrons. The van der Waals surface area contributed by atoms with Crippen molar-refractivity contribution in [2.75, 3.05) is 6.54 Å². The summed E-state index contributed by atoms with van der Waals surface area (Å²) in [6, 6.07) is 8.60. The number of hydrogen-bond acceptors (Lipinski definition) is 10. The average molecular weight is 658 g/mol. The molecule has 0 spiro atoms. The number of ketones is 1. The number of aliphatic hydroxyl groups excluding tert-OH is 1. The monoisotopic (exact) mass is 657 g/mol. The molecule has 1 aromatic carbocycles. The minimum absolute atomic E-state index is 0.0708. The lowest BCUT2D eigenvalue weighted by atomic mass is 9.77. The summed E-state index contributed by atoms with van der Waals surface area (Å²) >= 11 is 1.26. The maximum atomic E-state index is 13.7. The molecule has 1 unspecified atom stereocenters. The summed E-state index contributed by atoms with van der Waals surface area (Å²) < 4.78 is 9.16. The number of benzene rings is 1. The number of hydrogen-bond donors (Lipinski definition) is 1. The van der Waals surface area contributed by atoms with Crippen molar-refractivity contribution in [2.24, 2.45) is 17.0 Å². The Hall–Kier alpha value is -5.44. The van der Waals surface area contributed by atoms with Crippen LogP contribution in [0.2, 0.25) is 0 Å². The van der Waals surface area contributed by atoms with Crippen LogP contribution in [0.5, 0.6) is 0 Å².